The van der Waals surface area contributed by atoms with Crippen LogP contribution in [0.15, 0.2) is 24.3 Å². The highest BCUT2D eigenvalue weighted by Gasteiger charge is 2.52. The molecule has 1 aromatic rings. The van der Waals surface area contributed by atoms with Gasteiger partial charge in [0, 0.05) is 12.0 Å². The summed E-state index contributed by atoms with van der Waals surface area (Å²) < 4.78 is 23.9. The van der Waals surface area contributed by atoms with Crippen LogP contribution in [0.2, 0.25) is 0 Å². The first-order chi connectivity index (χ1) is 13.4. The molecule has 0 bridgehead atoms. The summed E-state index contributed by atoms with van der Waals surface area (Å²) in [5.41, 5.74) is -3.11. The number of rotatable bonds is 10. The van der Waals surface area contributed by atoms with Gasteiger partial charge in [-0.25, -0.2) is 4.39 Å². The van der Waals surface area contributed by atoms with Crippen molar-refractivity contribution in [3.05, 3.63) is 35.6 Å². The van der Waals surface area contributed by atoms with Crippen LogP contribution < -0.4 is 0 Å². The third kappa shape index (κ3) is 6.76. The van der Waals surface area contributed by atoms with Gasteiger partial charge in [0.1, 0.15) is 11.4 Å². The fraction of sp³-hybridized carbons (Fsp3) is 0.545. The molecule has 0 N–H and O–H groups in total. The Morgan fingerprint density at radius 2 is 1.72 bits per heavy atom. The van der Waals surface area contributed by atoms with Crippen molar-refractivity contribution in [1.82, 2.24) is 0 Å². The summed E-state index contributed by atoms with van der Waals surface area (Å²) in [4.78, 5) is 50.4. The molecular weight excluding hydrogens is 379 g/mol. The van der Waals surface area contributed by atoms with Crippen LogP contribution in [0.3, 0.4) is 0 Å². The van der Waals surface area contributed by atoms with Crippen molar-refractivity contribution in [3.63, 3.8) is 0 Å². The van der Waals surface area contributed by atoms with Crippen LogP contribution in [0, 0.1) is 11.2 Å². The summed E-state index contributed by atoms with van der Waals surface area (Å²) in [5, 5.41) is 0. The molecule has 1 rings (SSSR count). The van der Waals surface area contributed by atoms with Crippen molar-refractivity contribution in [1.29, 1.82) is 0 Å². The molecule has 0 aliphatic carbocycles. The topological polar surface area (TPSA) is 86.7 Å². The van der Waals surface area contributed by atoms with E-state index in [-0.39, 0.29) is 31.4 Å². The monoisotopic (exact) mass is 408 g/mol. The number of halogens is 1. The van der Waals surface area contributed by atoms with Crippen molar-refractivity contribution < 1.29 is 33.0 Å². The van der Waals surface area contributed by atoms with Crippen LogP contribution in [0.1, 0.15) is 70.7 Å². The minimum absolute atomic E-state index is 0.0866. The molecule has 160 valence electrons. The summed E-state index contributed by atoms with van der Waals surface area (Å²) in [5.74, 6) is -3.51. The third-order valence-electron chi connectivity index (χ3n) is 4.31. The predicted octanol–water partition coefficient (Wildman–Crippen LogP) is 4.05. The Labute approximate surface area is 170 Å². The summed E-state index contributed by atoms with van der Waals surface area (Å²) in [6.07, 6.45) is 0.516. The maximum atomic E-state index is 13.7. The van der Waals surface area contributed by atoms with Crippen molar-refractivity contribution in [3.8, 4) is 0 Å². The fourth-order valence-corrected chi connectivity index (χ4v) is 2.92. The van der Waals surface area contributed by atoms with Crippen LogP contribution in [0.25, 0.3) is 0 Å². The molecule has 0 saturated heterocycles. The van der Waals surface area contributed by atoms with E-state index in [4.69, 9.17) is 9.47 Å². The van der Waals surface area contributed by atoms with E-state index in [1.807, 2.05) is 0 Å². The molecule has 0 heterocycles. The molecule has 0 aliphatic rings. The largest absolute Gasteiger partial charge is 0.466 e. The summed E-state index contributed by atoms with van der Waals surface area (Å²) in [6, 6.07) is 4.84. The SMILES string of the molecule is CCOC(=O)CCCCC(C(C)=O)(C(=O)OC(C)(C)C)C(=O)c1cccc(F)c1. The van der Waals surface area contributed by atoms with Gasteiger partial charge in [0.25, 0.3) is 0 Å². The van der Waals surface area contributed by atoms with E-state index in [9.17, 15) is 23.6 Å². The Hall–Kier alpha value is -2.57. The highest BCUT2D eigenvalue weighted by Crippen LogP contribution is 2.34. The number of ether oxygens (including phenoxy) is 2. The van der Waals surface area contributed by atoms with Gasteiger partial charge in [-0.15, -0.1) is 0 Å². The van der Waals surface area contributed by atoms with Crippen LogP contribution in [-0.2, 0) is 23.9 Å². The molecule has 1 atom stereocenters. The molecule has 1 unspecified atom stereocenters. The standard InChI is InChI=1S/C22H29FO6/c1-6-28-18(25)12-7-8-13-22(15(2)24,20(27)29-21(3,4)5)19(26)16-10-9-11-17(23)14-16/h9-11,14H,6-8,12-13H2,1-5H3. The van der Waals surface area contributed by atoms with Gasteiger partial charge in [-0.05, 0) is 59.6 Å². The third-order valence-corrected chi connectivity index (χ3v) is 4.31. The minimum Gasteiger partial charge on any atom is -0.466 e. The highest BCUT2D eigenvalue weighted by molar-refractivity contribution is 6.26. The molecule has 6 nitrogen and oxygen atoms in total. The molecular formula is C22H29FO6. The number of esters is 2. The zero-order valence-electron chi connectivity index (χ0n) is 17.7. The molecule has 0 aliphatic heterocycles. The summed E-state index contributed by atoms with van der Waals surface area (Å²) >= 11 is 0. The van der Waals surface area contributed by atoms with E-state index in [0.29, 0.717) is 6.42 Å². The average Bonchev–Trinajstić information content (AvgIpc) is 2.59. The first-order valence-corrected chi connectivity index (χ1v) is 9.64. The van der Waals surface area contributed by atoms with E-state index in [0.717, 1.165) is 13.0 Å². The average molecular weight is 408 g/mol. The Morgan fingerprint density at radius 3 is 2.24 bits per heavy atom. The van der Waals surface area contributed by atoms with Gasteiger partial charge >= 0.3 is 11.9 Å². The van der Waals surface area contributed by atoms with Gasteiger partial charge in [-0.3, -0.25) is 19.2 Å². The second kappa shape index (κ2) is 10.3. The maximum absolute atomic E-state index is 13.7. The molecule has 0 saturated carbocycles. The zero-order chi connectivity index (χ0) is 22.2. The lowest BCUT2D eigenvalue weighted by Gasteiger charge is -2.31. The van der Waals surface area contributed by atoms with Crippen LogP contribution in [0.5, 0.6) is 0 Å². The lowest BCUT2D eigenvalue weighted by atomic mass is 9.73. The maximum Gasteiger partial charge on any atom is 0.328 e. The molecule has 29 heavy (non-hydrogen) atoms. The molecule has 0 spiro atoms. The number of Topliss-reactive ketones (excluding diaryl/α,β-unsaturated/α-hetero) is 2. The van der Waals surface area contributed by atoms with Crippen molar-refractivity contribution in [2.24, 2.45) is 5.41 Å². The van der Waals surface area contributed by atoms with Gasteiger partial charge in [0.2, 0.25) is 0 Å². The fourth-order valence-electron chi connectivity index (χ4n) is 2.92. The predicted molar refractivity (Wildman–Crippen MR) is 105 cm³/mol. The molecule has 7 heteroatoms. The number of ketones is 2. The van der Waals surface area contributed by atoms with Crippen LogP contribution >= 0.6 is 0 Å². The first-order valence-electron chi connectivity index (χ1n) is 9.64. The Kier molecular flexibility index (Phi) is 8.67. The number of carbonyl (C=O) groups excluding carboxylic acids is 4. The molecule has 0 fully saturated rings. The van der Waals surface area contributed by atoms with Gasteiger partial charge in [-0.1, -0.05) is 18.6 Å². The second-order valence-electron chi connectivity index (χ2n) is 7.82. The van der Waals surface area contributed by atoms with Gasteiger partial charge in [0.15, 0.2) is 17.0 Å². The van der Waals surface area contributed by atoms with E-state index < -0.39 is 40.3 Å². The normalized spacial score (nSPS) is 13.3. The molecule has 0 aromatic heterocycles. The van der Waals surface area contributed by atoms with E-state index in [1.165, 1.54) is 18.2 Å². The van der Waals surface area contributed by atoms with Crippen LogP contribution in [0.4, 0.5) is 4.39 Å². The first kappa shape index (κ1) is 24.5. The van der Waals surface area contributed by atoms with Crippen molar-refractivity contribution >= 4 is 23.5 Å². The molecule has 1 aromatic carbocycles. The number of carbonyl (C=O) groups is 4. The second-order valence-corrected chi connectivity index (χ2v) is 7.82. The summed E-state index contributed by atoms with van der Waals surface area (Å²) in [7, 11) is 0. The van der Waals surface area contributed by atoms with E-state index >= 15 is 0 Å². The van der Waals surface area contributed by atoms with Crippen molar-refractivity contribution in [2.45, 2.75) is 65.9 Å². The Balaban J connectivity index is 3.22. The molecule has 0 amide bonds. The van der Waals surface area contributed by atoms with Gasteiger partial charge in [-0.2, -0.15) is 0 Å². The highest BCUT2D eigenvalue weighted by atomic mass is 19.1. The Morgan fingerprint density at radius 1 is 1.07 bits per heavy atom. The Bertz CT molecular complexity index is 765. The quantitative estimate of drug-likeness (QED) is 0.251. The zero-order valence-corrected chi connectivity index (χ0v) is 17.7. The van der Waals surface area contributed by atoms with E-state index in [2.05, 4.69) is 0 Å². The number of benzene rings is 1. The van der Waals surface area contributed by atoms with E-state index in [1.54, 1.807) is 27.7 Å². The van der Waals surface area contributed by atoms with Gasteiger partial charge in [0.05, 0.1) is 6.61 Å². The lowest BCUT2D eigenvalue weighted by molar-refractivity contribution is -0.167. The van der Waals surface area contributed by atoms with Crippen molar-refractivity contribution in [2.75, 3.05) is 6.61 Å². The molecule has 0 radical (unpaired) electrons. The summed E-state index contributed by atoms with van der Waals surface area (Å²) in [6.45, 7) is 7.98. The lowest BCUT2D eigenvalue weighted by Crippen LogP contribution is -2.48. The minimum atomic E-state index is -2.10. The smallest absolute Gasteiger partial charge is 0.328 e. The number of hydrogen-bond donors (Lipinski definition) is 0. The number of hydrogen-bond acceptors (Lipinski definition) is 6. The number of unbranched alkanes of at least 4 members (excludes halogenated alkanes) is 1. The van der Waals surface area contributed by atoms with Crippen LogP contribution in [-0.4, -0.2) is 35.7 Å². The van der Waals surface area contributed by atoms with Gasteiger partial charge < -0.3 is 9.47 Å².